The van der Waals surface area contributed by atoms with Gasteiger partial charge in [-0.1, -0.05) is 106 Å². The maximum atomic E-state index is 11.8. The van der Waals surface area contributed by atoms with E-state index in [2.05, 4.69) is 75.4 Å². The van der Waals surface area contributed by atoms with Crippen molar-refractivity contribution in [2.45, 2.75) is 39.3 Å². The zero-order chi connectivity index (χ0) is 23.0. The van der Waals surface area contributed by atoms with Crippen molar-refractivity contribution in [3.8, 4) is 0 Å². The molecule has 0 aliphatic heterocycles. The second-order valence-corrected chi connectivity index (χ2v) is 13.0. The van der Waals surface area contributed by atoms with Crippen LogP contribution in [0.2, 0.25) is 5.04 Å². The summed E-state index contributed by atoms with van der Waals surface area (Å²) in [7, 11) is -2.63. The van der Waals surface area contributed by atoms with E-state index in [4.69, 9.17) is 9.16 Å². The molecule has 0 spiro atoms. The van der Waals surface area contributed by atoms with E-state index in [0.29, 0.717) is 13.2 Å². The topological polar surface area (TPSA) is 35.5 Å². The Morgan fingerprint density at radius 3 is 1.91 bits per heavy atom. The highest BCUT2D eigenvalue weighted by Gasteiger charge is 2.50. The fourth-order valence-electron chi connectivity index (χ4n) is 4.12. The third-order valence-electron chi connectivity index (χ3n) is 5.60. The van der Waals surface area contributed by atoms with Gasteiger partial charge in [-0.25, -0.2) is 4.79 Å². The van der Waals surface area contributed by atoms with E-state index in [1.807, 2.05) is 36.4 Å². The Morgan fingerprint density at radius 1 is 0.844 bits per heavy atom. The number of hydrogen-bond donors (Lipinski definition) is 0. The van der Waals surface area contributed by atoms with E-state index in [1.54, 1.807) is 6.92 Å². The van der Waals surface area contributed by atoms with Crippen LogP contribution >= 0.6 is 0 Å². The van der Waals surface area contributed by atoms with Crippen molar-refractivity contribution in [3.63, 3.8) is 0 Å². The van der Waals surface area contributed by atoms with Crippen molar-refractivity contribution < 1.29 is 14.0 Å². The average Bonchev–Trinajstić information content (AvgIpc) is 2.79. The van der Waals surface area contributed by atoms with E-state index < -0.39 is 8.32 Å². The van der Waals surface area contributed by atoms with E-state index in [0.717, 1.165) is 11.1 Å². The Labute approximate surface area is 192 Å². The van der Waals surface area contributed by atoms with Gasteiger partial charge in [-0.2, -0.15) is 0 Å². The van der Waals surface area contributed by atoms with Gasteiger partial charge in [0.15, 0.2) is 0 Å². The van der Waals surface area contributed by atoms with Crippen molar-refractivity contribution in [1.82, 2.24) is 0 Å². The zero-order valence-electron chi connectivity index (χ0n) is 19.4. The summed E-state index contributed by atoms with van der Waals surface area (Å²) in [5.74, 6) is -0.338. The van der Waals surface area contributed by atoms with E-state index in [9.17, 15) is 4.79 Å². The molecule has 0 atom stereocenters. The zero-order valence-corrected chi connectivity index (χ0v) is 20.4. The Hall–Kier alpha value is -2.95. The summed E-state index contributed by atoms with van der Waals surface area (Å²) in [6.07, 6.45) is 3.28. The molecule has 0 aliphatic rings. The summed E-state index contributed by atoms with van der Waals surface area (Å²) in [5.41, 5.74) is 2.00. The van der Waals surface area contributed by atoms with Gasteiger partial charge in [-0.05, 0) is 39.5 Å². The molecule has 0 heterocycles. The summed E-state index contributed by atoms with van der Waals surface area (Å²) >= 11 is 0. The van der Waals surface area contributed by atoms with Crippen LogP contribution in [-0.4, -0.2) is 20.9 Å². The number of rotatable bonds is 8. The van der Waals surface area contributed by atoms with Crippen molar-refractivity contribution in [2.24, 2.45) is 0 Å². The summed E-state index contributed by atoms with van der Waals surface area (Å²) < 4.78 is 12.1. The lowest BCUT2D eigenvalue weighted by Gasteiger charge is -2.43. The van der Waals surface area contributed by atoms with Crippen molar-refractivity contribution in [1.29, 1.82) is 0 Å². The van der Waals surface area contributed by atoms with E-state index >= 15 is 0 Å². The van der Waals surface area contributed by atoms with Crippen LogP contribution < -0.4 is 10.4 Å². The predicted molar refractivity (Wildman–Crippen MR) is 135 cm³/mol. The highest BCUT2D eigenvalue weighted by Crippen LogP contribution is 2.37. The smallest absolute Gasteiger partial charge is 0.330 e. The van der Waals surface area contributed by atoms with Gasteiger partial charge in [0.25, 0.3) is 8.32 Å². The first-order valence-electron chi connectivity index (χ1n) is 11.1. The minimum atomic E-state index is -2.63. The van der Waals surface area contributed by atoms with Crippen LogP contribution in [-0.2, 0) is 20.6 Å². The first kappa shape index (κ1) is 23.7. The molecule has 0 fully saturated rings. The third-order valence-corrected chi connectivity index (χ3v) is 10.6. The number of hydrogen-bond acceptors (Lipinski definition) is 3. The summed E-state index contributed by atoms with van der Waals surface area (Å²) in [5, 5.41) is 2.40. The lowest BCUT2D eigenvalue weighted by atomic mass is 10.1. The molecular weight excluding hydrogens is 412 g/mol. The van der Waals surface area contributed by atoms with Crippen molar-refractivity contribution in [2.75, 3.05) is 6.61 Å². The minimum Gasteiger partial charge on any atom is -0.463 e. The molecule has 0 aromatic heterocycles. The molecule has 0 radical (unpaired) electrons. The molecule has 3 aromatic carbocycles. The molecule has 4 heteroatoms. The lowest BCUT2D eigenvalue weighted by molar-refractivity contribution is -0.137. The molecule has 32 heavy (non-hydrogen) atoms. The van der Waals surface area contributed by atoms with Gasteiger partial charge in [-0.15, -0.1) is 0 Å². The molecule has 0 amide bonds. The fourth-order valence-corrected chi connectivity index (χ4v) is 8.65. The Kier molecular flexibility index (Phi) is 7.83. The summed E-state index contributed by atoms with van der Waals surface area (Å²) in [6.45, 7) is 9.43. The highest BCUT2D eigenvalue weighted by molar-refractivity contribution is 6.99. The number of esters is 1. The van der Waals surface area contributed by atoms with Crippen LogP contribution in [0.3, 0.4) is 0 Å². The second kappa shape index (κ2) is 10.6. The molecule has 3 rings (SSSR count). The van der Waals surface area contributed by atoms with Crippen molar-refractivity contribution >= 4 is 30.7 Å². The Morgan fingerprint density at radius 2 is 1.38 bits per heavy atom. The third kappa shape index (κ3) is 5.26. The van der Waals surface area contributed by atoms with E-state index in [-0.39, 0.29) is 11.0 Å². The molecule has 166 valence electrons. The SMILES string of the molecule is CCOC(=O)/C=C/c1ccccc1CO[Si](c1ccccc1)(c1ccccc1)C(C)(C)C. The quantitative estimate of drug-likeness (QED) is 0.267. The van der Waals surface area contributed by atoms with Crippen LogP contribution in [0.5, 0.6) is 0 Å². The van der Waals surface area contributed by atoms with E-state index in [1.165, 1.54) is 16.4 Å². The average molecular weight is 445 g/mol. The molecule has 0 saturated carbocycles. The van der Waals surface area contributed by atoms with Gasteiger partial charge < -0.3 is 9.16 Å². The first-order valence-corrected chi connectivity index (χ1v) is 13.0. The normalized spacial score (nSPS) is 12.1. The van der Waals surface area contributed by atoms with Crippen LogP contribution in [0, 0.1) is 0 Å². The van der Waals surface area contributed by atoms with Gasteiger partial charge in [-0.3, -0.25) is 0 Å². The Bertz CT molecular complexity index is 998. The molecule has 0 N–H and O–H groups in total. The molecule has 0 aliphatic carbocycles. The van der Waals surface area contributed by atoms with Crippen LogP contribution in [0.15, 0.2) is 91.0 Å². The number of carbonyl (C=O) groups is 1. The summed E-state index contributed by atoms with van der Waals surface area (Å²) in [6, 6.07) is 29.2. The van der Waals surface area contributed by atoms with Gasteiger partial charge >= 0.3 is 5.97 Å². The van der Waals surface area contributed by atoms with Gasteiger partial charge in [0.1, 0.15) is 0 Å². The molecule has 3 nitrogen and oxygen atoms in total. The van der Waals surface area contributed by atoms with Crippen LogP contribution in [0.25, 0.3) is 6.08 Å². The largest absolute Gasteiger partial charge is 0.463 e. The van der Waals surface area contributed by atoms with Crippen molar-refractivity contribution in [3.05, 3.63) is 102 Å². The lowest BCUT2D eigenvalue weighted by Crippen LogP contribution is -2.66. The minimum absolute atomic E-state index is 0.0918. The maximum absolute atomic E-state index is 11.8. The molecule has 0 saturated heterocycles. The number of benzene rings is 3. The van der Waals surface area contributed by atoms with Crippen LogP contribution in [0.4, 0.5) is 0 Å². The molecule has 0 bridgehead atoms. The summed E-state index contributed by atoms with van der Waals surface area (Å²) in [4.78, 5) is 11.8. The highest BCUT2D eigenvalue weighted by atomic mass is 28.4. The molecular formula is C28H32O3Si. The monoisotopic (exact) mass is 444 g/mol. The number of ether oxygens (including phenoxy) is 1. The molecule has 3 aromatic rings. The van der Waals surface area contributed by atoms with Crippen LogP contribution in [0.1, 0.15) is 38.8 Å². The molecule has 0 unspecified atom stereocenters. The maximum Gasteiger partial charge on any atom is 0.330 e. The van der Waals surface area contributed by atoms with Gasteiger partial charge in [0, 0.05) is 6.08 Å². The Balaban J connectivity index is 2.02. The number of carbonyl (C=O) groups excluding carboxylic acids is 1. The first-order chi connectivity index (χ1) is 15.4. The standard InChI is InChI=1S/C28H32O3Si/c1-5-30-27(29)21-20-23-14-12-13-15-24(23)22-31-32(28(2,3)4,25-16-8-6-9-17-25)26-18-10-7-11-19-26/h6-21H,5,22H2,1-4H3/b21-20+. The van der Waals surface area contributed by atoms with Gasteiger partial charge in [0.05, 0.1) is 13.2 Å². The predicted octanol–water partition coefficient (Wildman–Crippen LogP) is 5.34. The van der Waals surface area contributed by atoms with Gasteiger partial charge in [0.2, 0.25) is 0 Å². The second-order valence-electron chi connectivity index (χ2n) is 8.74. The fraction of sp³-hybridized carbons (Fsp3) is 0.250.